The Hall–Kier alpha value is -4.69. The molecule has 2 saturated heterocycles. The minimum absolute atomic E-state index is 0.00391. The third-order valence-corrected chi connectivity index (χ3v) is 10.8. The van der Waals surface area contributed by atoms with Gasteiger partial charge in [-0.1, -0.05) is 77.9 Å². The molecule has 2 aliphatic carbocycles. The zero-order valence-electron chi connectivity index (χ0n) is 27.2. The smallest absolute Gasteiger partial charge is 0.246 e. The molecule has 1 saturated carbocycles. The SMILES string of the molecule is COc1cc(C=C[C@H]2C3=CC[C@@H]4C(=O)N(C(C)(C)C)C(=O)[C@@H]4[C@@H]3C[C@H]3C(=O)N(c4cccc(Cl)c4)C(=O)[C@@]23c2ccccc2)ccc1O. The number of carbonyl (C=O) groups is 4. The molecule has 0 bridgehead atoms. The van der Waals surface area contributed by atoms with Gasteiger partial charge in [-0.25, -0.2) is 4.90 Å². The Labute approximate surface area is 284 Å². The number of ether oxygens (including phenoxy) is 1. The van der Waals surface area contributed by atoms with Gasteiger partial charge in [0.1, 0.15) is 0 Å². The maximum Gasteiger partial charge on any atom is 0.246 e. The first-order valence-electron chi connectivity index (χ1n) is 16.2. The molecule has 3 aromatic rings. The summed E-state index contributed by atoms with van der Waals surface area (Å²) < 4.78 is 5.35. The minimum Gasteiger partial charge on any atom is -0.504 e. The fourth-order valence-corrected chi connectivity index (χ4v) is 8.84. The number of phenolic OH excluding ortho intramolecular Hbond substituents is 1. The van der Waals surface area contributed by atoms with Gasteiger partial charge in [0.15, 0.2) is 11.5 Å². The standard InChI is InChI=1S/C39H37ClN2O6/c1-38(2,3)42-34(44)27-16-15-26-28(33(27)36(42)46)21-30-35(45)41(25-12-8-11-24(40)20-25)37(47)39(30,23-9-6-5-7-10-23)29(26)17-13-22-14-18-31(43)32(19-22)48-4/h5-15,17-20,27-30,33,43H,16,21H2,1-4H3/t27-,28+,29-,30-,33-,39-/m0/s1. The van der Waals surface area contributed by atoms with E-state index < -0.39 is 40.5 Å². The maximum atomic E-state index is 15.2. The Bertz CT molecular complexity index is 1910. The molecule has 1 N–H and O–H groups in total. The molecule has 7 rings (SSSR count). The van der Waals surface area contributed by atoms with Gasteiger partial charge in [0.2, 0.25) is 23.6 Å². The molecule has 0 spiro atoms. The lowest BCUT2D eigenvalue weighted by molar-refractivity contribution is -0.145. The predicted octanol–water partition coefficient (Wildman–Crippen LogP) is 6.56. The highest BCUT2D eigenvalue weighted by Gasteiger charge is 2.69. The first-order chi connectivity index (χ1) is 22.9. The number of likely N-dealkylation sites (tertiary alicyclic amines) is 1. The molecule has 8 nitrogen and oxygen atoms in total. The zero-order valence-corrected chi connectivity index (χ0v) is 28.0. The van der Waals surface area contributed by atoms with E-state index in [4.69, 9.17) is 16.3 Å². The number of allylic oxidation sites excluding steroid dienone is 3. The number of methoxy groups -OCH3 is 1. The number of fused-ring (bicyclic) bond motifs is 4. The predicted molar refractivity (Wildman–Crippen MR) is 182 cm³/mol. The van der Waals surface area contributed by atoms with Crippen LogP contribution >= 0.6 is 11.6 Å². The topological polar surface area (TPSA) is 104 Å². The van der Waals surface area contributed by atoms with Crippen LogP contribution in [0.1, 0.15) is 44.7 Å². The van der Waals surface area contributed by atoms with Gasteiger partial charge in [-0.3, -0.25) is 24.1 Å². The quantitative estimate of drug-likeness (QED) is 0.245. The molecule has 9 heteroatoms. The lowest BCUT2D eigenvalue weighted by Gasteiger charge is -2.49. The van der Waals surface area contributed by atoms with Crippen LogP contribution in [0.5, 0.6) is 11.5 Å². The zero-order chi connectivity index (χ0) is 34.1. The van der Waals surface area contributed by atoms with Gasteiger partial charge in [0, 0.05) is 16.5 Å². The Kier molecular flexibility index (Phi) is 7.63. The van der Waals surface area contributed by atoms with E-state index in [1.807, 2.05) is 69.3 Å². The highest BCUT2D eigenvalue weighted by molar-refractivity contribution is 6.32. The van der Waals surface area contributed by atoms with E-state index in [0.29, 0.717) is 28.4 Å². The van der Waals surface area contributed by atoms with E-state index in [-0.39, 0.29) is 35.8 Å². The number of benzene rings is 3. The van der Waals surface area contributed by atoms with Crippen molar-refractivity contribution in [2.24, 2.45) is 29.6 Å². The first-order valence-corrected chi connectivity index (χ1v) is 16.6. The highest BCUT2D eigenvalue weighted by Crippen LogP contribution is 2.62. The van der Waals surface area contributed by atoms with Gasteiger partial charge in [0.25, 0.3) is 0 Å². The average molecular weight is 665 g/mol. The monoisotopic (exact) mass is 664 g/mol. The second-order valence-corrected chi connectivity index (χ2v) is 14.5. The summed E-state index contributed by atoms with van der Waals surface area (Å²) in [6.07, 6.45) is 6.45. The Morgan fingerprint density at radius 1 is 0.917 bits per heavy atom. The molecule has 4 amide bonds. The Morgan fingerprint density at radius 3 is 2.35 bits per heavy atom. The van der Waals surface area contributed by atoms with Crippen LogP contribution in [0.25, 0.3) is 6.08 Å². The number of hydrogen-bond donors (Lipinski definition) is 1. The van der Waals surface area contributed by atoms with Crippen molar-refractivity contribution in [3.8, 4) is 11.5 Å². The fourth-order valence-electron chi connectivity index (χ4n) is 8.66. The van der Waals surface area contributed by atoms with Gasteiger partial charge < -0.3 is 9.84 Å². The molecular formula is C39H37ClN2O6. The summed E-state index contributed by atoms with van der Waals surface area (Å²) in [5.41, 5.74) is 0.632. The summed E-state index contributed by atoms with van der Waals surface area (Å²) in [5.74, 6) is -3.93. The van der Waals surface area contributed by atoms with E-state index in [1.165, 1.54) is 23.0 Å². The van der Waals surface area contributed by atoms with Crippen molar-refractivity contribution in [1.29, 1.82) is 0 Å². The molecule has 3 aromatic carbocycles. The summed E-state index contributed by atoms with van der Waals surface area (Å²) in [6.45, 7) is 5.57. The van der Waals surface area contributed by atoms with Crippen LogP contribution in [-0.4, -0.2) is 46.3 Å². The van der Waals surface area contributed by atoms with Gasteiger partial charge in [0.05, 0.1) is 36.0 Å². The van der Waals surface area contributed by atoms with Crippen molar-refractivity contribution < 1.29 is 29.0 Å². The summed E-state index contributed by atoms with van der Waals surface area (Å²) in [5, 5.41) is 10.6. The first kappa shape index (κ1) is 31.9. The molecule has 0 aromatic heterocycles. The third kappa shape index (κ3) is 4.64. The second-order valence-electron chi connectivity index (χ2n) is 14.1. The molecule has 3 fully saturated rings. The second kappa shape index (κ2) is 11.5. The van der Waals surface area contributed by atoms with Gasteiger partial charge >= 0.3 is 0 Å². The molecule has 6 atom stereocenters. The minimum atomic E-state index is -1.34. The Balaban J connectivity index is 1.45. The van der Waals surface area contributed by atoms with E-state index in [9.17, 15) is 19.5 Å². The summed E-state index contributed by atoms with van der Waals surface area (Å²) in [7, 11) is 1.47. The number of rotatable bonds is 5. The lowest BCUT2D eigenvalue weighted by Crippen LogP contribution is -2.54. The molecule has 4 aliphatic rings. The average Bonchev–Trinajstić information content (AvgIpc) is 3.46. The van der Waals surface area contributed by atoms with Gasteiger partial charge in [-0.2, -0.15) is 0 Å². The number of phenols is 1. The maximum absolute atomic E-state index is 15.2. The molecule has 2 heterocycles. The van der Waals surface area contributed by atoms with E-state index in [1.54, 1.807) is 36.4 Å². The normalized spacial score (nSPS) is 28.4. The summed E-state index contributed by atoms with van der Waals surface area (Å²) in [4.78, 5) is 60.5. The summed E-state index contributed by atoms with van der Waals surface area (Å²) >= 11 is 6.37. The molecule has 246 valence electrons. The Morgan fingerprint density at radius 2 is 1.67 bits per heavy atom. The number of halogens is 1. The van der Waals surface area contributed by atoms with Crippen LogP contribution < -0.4 is 9.64 Å². The number of hydrogen-bond acceptors (Lipinski definition) is 6. The molecule has 48 heavy (non-hydrogen) atoms. The van der Waals surface area contributed by atoms with Crippen molar-refractivity contribution in [3.63, 3.8) is 0 Å². The van der Waals surface area contributed by atoms with Gasteiger partial charge in [-0.15, -0.1) is 0 Å². The molecular weight excluding hydrogens is 628 g/mol. The van der Waals surface area contributed by atoms with E-state index in [2.05, 4.69) is 0 Å². The van der Waals surface area contributed by atoms with E-state index in [0.717, 1.165) is 11.1 Å². The number of anilines is 1. The lowest BCUT2D eigenvalue weighted by atomic mass is 9.50. The highest BCUT2D eigenvalue weighted by atomic mass is 35.5. The van der Waals surface area contributed by atoms with Crippen LogP contribution in [0.2, 0.25) is 5.02 Å². The van der Waals surface area contributed by atoms with Crippen LogP contribution in [0.4, 0.5) is 5.69 Å². The molecule has 2 aliphatic heterocycles. The van der Waals surface area contributed by atoms with Crippen LogP contribution in [-0.2, 0) is 24.6 Å². The van der Waals surface area contributed by atoms with Crippen molar-refractivity contribution >= 4 is 47.0 Å². The van der Waals surface area contributed by atoms with E-state index >= 15 is 4.79 Å². The van der Waals surface area contributed by atoms with Crippen molar-refractivity contribution in [2.45, 2.75) is 44.6 Å². The number of carbonyl (C=O) groups excluding carboxylic acids is 4. The number of imide groups is 2. The van der Waals surface area contributed by atoms with Crippen molar-refractivity contribution in [1.82, 2.24) is 4.90 Å². The van der Waals surface area contributed by atoms with Gasteiger partial charge in [-0.05, 0) is 81.0 Å². The van der Waals surface area contributed by atoms with Crippen LogP contribution in [0, 0.1) is 29.6 Å². The van der Waals surface area contributed by atoms with Crippen LogP contribution in [0.3, 0.4) is 0 Å². The van der Waals surface area contributed by atoms with Crippen LogP contribution in [0.15, 0.2) is 90.5 Å². The largest absolute Gasteiger partial charge is 0.504 e. The van der Waals surface area contributed by atoms with Crippen molar-refractivity contribution in [2.75, 3.05) is 12.0 Å². The molecule has 0 unspecified atom stereocenters. The third-order valence-electron chi connectivity index (χ3n) is 10.6. The fraction of sp³-hybridized carbons (Fsp3) is 0.333. The van der Waals surface area contributed by atoms with Crippen molar-refractivity contribution in [3.05, 3.63) is 107 Å². The number of amides is 4. The number of aromatic hydroxyl groups is 1. The summed E-state index contributed by atoms with van der Waals surface area (Å²) in [6, 6.07) is 21.1. The number of nitrogens with zero attached hydrogens (tertiary/aromatic N) is 2. The molecule has 0 radical (unpaired) electrons.